The Morgan fingerprint density at radius 2 is 1.47 bits per heavy atom. The van der Waals surface area contributed by atoms with Crippen LogP contribution in [0.15, 0.2) is 11.6 Å². The van der Waals surface area contributed by atoms with Crippen molar-refractivity contribution < 1.29 is 47.6 Å². The molecule has 10 nitrogen and oxygen atoms in total. The number of fused-ring (bicyclic) bond motifs is 5. The van der Waals surface area contributed by atoms with Crippen LogP contribution in [0.3, 0.4) is 0 Å². The maximum Gasteiger partial charge on any atom is 0.303 e. The van der Waals surface area contributed by atoms with Gasteiger partial charge in [0.25, 0.3) is 0 Å². The quantitative estimate of drug-likeness (QED) is 0.104. The third-order valence-electron chi connectivity index (χ3n) is 14.6. The van der Waals surface area contributed by atoms with Crippen molar-refractivity contribution in [3.63, 3.8) is 0 Å². The number of hydrogen-bond acceptors (Lipinski definition) is 10. The number of rotatable bonds is 13. The Bertz CT molecular complexity index is 1360. The third kappa shape index (κ3) is 9.00. The zero-order valence-corrected chi connectivity index (χ0v) is 34.2. The second kappa shape index (κ2) is 17.1. The van der Waals surface area contributed by atoms with Gasteiger partial charge in [-0.15, -0.1) is 0 Å². The van der Waals surface area contributed by atoms with E-state index in [0.717, 1.165) is 55.3 Å². The first-order valence-corrected chi connectivity index (χ1v) is 20.6. The first-order chi connectivity index (χ1) is 25.0. The summed E-state index contributed by atoms with van der Waals surface area (Å²) in [4.78, 5) is 48.6. The zero-order chi connectivity index (χ0) is 38.8. The van der Waals surface area contributed by atoms with Crippen molar-refractivity contribution in [3.05, 3.63) is 11.6 Å². The number of allylic oxidation sites excluding steroid dienone is 1. The standard InChI is InChI=1S/C43H68O10/c1-11-30(24(2)3)13-12-25(4)34-16-17-35-33-15-14-31-22-32(18-20-42(31,9)36(33)19-21-43(34,35)10)52-41-40(51-29(8)47)39(50-28(7)46)38(49-27(6)45)37(53-41)23-48-26(5)44/h14,24-25,30,32-41H,11-13,15-23H2,1-10H3/t25-,30-,32+,33+,34-,35+,36+,37-,38-,39+,40-,41-,42+,43-/m1/s1. The molecule has 0 aromatic carbocycles. The Balaban J connectivity index is 1.31. The summed E-state index contributed by atoms with van der Waals surface area (Å²) in [6.45, 7) is 19.5. The van der Waals surface area contributed by atoms with Gasteiger partial charge in [0.15, 0.2) is 24.6 Å². The van der Waals surface area contributed by atoms with Crippen LogP contribution in [0.2, 0.25) is 0 Å². The summed E-state index contributed by atoms with van der Waals surface area (Å²) in [7, 11) is 0. The fraction of sp³-hybridized carbons (Fsp3) is 0.860. The predicted octanol–water partition coefficient (Wildman–Crippen LogP) is 8.13. The summed E-state index contributed by atoms with van der Waals surface area (Å²) in [5.41, 5.74) is 1.95. The van der Waals surface area contributed by atoms with E-state index in [0.29, 0.717) is 17.3 Å². The van der Waals surface area contributed by atoms with Crippen LogP contribution in [0.5, 0.6) is 0 Å². The Hall–Kier alpha value is -2.46. The van der Waals surface area contributed by atoms with Crippen LogP contribution in [-0.2, 0) is 47.6 Å². The van der Waals surface area contributed by atoms with Crippen LogP contribution in [0.1, 0.15) is 140 Å². The van der Waals surface area contributed by atoms with Crippen LogP contribution in [0.4, 0.5) is 0 Å². The van der Waals surface area contributed by atoms with Crippen molar-refractivity contribution >= 4 is 23.9 Å². The van der Waals surface area contributed by atoms with Gasteiger partial charge in [-0.05, 0) is 110 Å². The highest BCUT2D eigenvalue weighted by Gasteiger charge is 2.60. The molecule has 1 heterocycles. The molecule has 300 valence electrons. The van der Waals surface area contributed by atoms with E-state index in [2.05, 4.69) is 47.6 Å². The molecular weight excluding hydrogens is 676 g/mol. The molecule has 14 atom stereocenters. The summed E-state index contributed by atoms with van der Waals surface area (Å²) in [5, 5.41) is 0. The molecule has 5 rings (SSSR count). The minimum atomic E-state index is -1.24. The van der Waals surface area contributed by atoms with Gasteiger partial charge in [0.05, 0.1) is 6.10 Å². The molecule has 0 radical (unpaired) electrons. The zero-order valence-electron chi connectivity index (χ0n) is 34.2. The van der Waals surface area contributed by atoms with Gasteiger partial charge in [0, 0.05) is 27.7 Å². The number of carbonyl (C=O) groups excluding carboxylic acids is 4. The second-order valence-corrected chi connectivity index (χ2v) is 18.0. The largest absolute Gasteiger partial charge is 0.463 e. The van der Waals surface area contributed by atoms with Gasteiger partial charge in [0.2, 0.25) is 0 Å². The Labute approximate surface area is 318 Å². The van der Waals surface area contributed by atoms with Gasteiger partial charge in [-0.25, -0.2) is 0 Å². The number of carbonyl (C=O) groups is 4. The van der Waals surface area contributed by atoms with Gasteiger partial charge >= 0.3 is 23.9 Å². The van der Waals surface area contributed by atoms with E-state index in [4.69, 9.17) is 28.4 Å². The smallest absolute Gasteiger partial charge is 0.303 e. The SMILES string of the molecule is CC[C@H](CC[C@@H](C)[C@H]1CC[C@H]2[C@@H]3CC=C4C[C@@H](O[C@@H]5O[C@H](COC(C)=O)[C@@H](OC(C)=O)[C@H](OC(C)=O)[C@H]5OC(C)=O)CC[C@]4(C)[C@H]3CC[C@]12C)C(C)C. The molecule has 53 heavy (non-hydrogen) atoms. The van der Waals surface area contributed by atoms with E-state index in [1.54, 1.807) is 0 Å². The summed E-state index contributed by atoms with van der Waals surface area (Å²) in [6, 6.07) is 0. The van der Waals surface area contributed by atoms with Gasteiger partial charge in [-0.3, -0.25) is 19.2 Å². The van der Waals surface area contributed by atoms with Crippen LogP contribution >= 0.6 is 0 Å². The fourth-order valence-electron chi connectivity index (χ4n) is 11.9. The van der Waals surface area contributed by atoms with Crippen LogP contribution < -0.4 is 0 Å². The molecular formula is C43H68O10. The summed E-state index contributed by atoms with van der Waals surface area (Å²) >= 11 is 0. The van der Waals surface area contributed by atoms with Crippen molar-refractivity contribution in [1.29, 1.82) is 0 Å². The molecule has 0 unspecified atom stereocenters. The highest BCUT2D eigenvalue weighted by Crippen LogP contribution is 2.67. The molecule has 0 N–H and O–H groups in total. The molecule has 1 aliphatic heterocycles. The summed E-state index contributed by atoms with van der Waals surface area (Å²) < 4.78 is 35.1. The number of hydrogen-bond donors (Lipinski definition) is 0. The van der Waals surface area contributed by atoms with E-state index in [1.165, 1.54) is 78.2 Å². The fourth-order valence-corrected chi connectivity index (χ4v) is 11.9. The molecule has 0 aromatic rings. The Kier molecular flexibility index (Phi) is 13.5. The first kappa shape index (κ1) is 41.7. The monoisotopic (exact) mass is 744 g/mol. The molecule has 4 aliphatic carbocycles. The van der Waals surface area contributed by atoms with Crippen LogP contribution in [0, 0.1) is 52.3 Å². The number of ether oxygens (including phenoxy) is 6. The maximum absolute atomic E-state index is 12.4. The van der Waals surface area contributed by atoms with E-state index in [-0.39, 0.29) is 18.1 Å². The minimum Gasteiger partial charge on any atom is -0.463 e. The molecule has 0 amide bonds. The van der Waals surface area contributed by atoms with Crippen molar-refractivity contribution in [2.24, 2.45) is 52.3 Å². The molecule has 3 saturated carbocycles. The van der Waals surface area contributed by atoms with Crippen molar-refractivity contribution in [3.8, 4) is 0 Å². The van der Waals surface area contributed by atoms with E-state index < -0.39 is 54.6 Å². The van der Waals surface area contributed by atoms with Crippen molar-refractivity contribution in [2.45, 2.75) is 177 Å². The molecule has 10 heteroatoms. The lowest BCUT2D eigenvalue weighted by Crippen LogP contribution is -2.63. The maximum atomic E-state index is 12.4. The van der Waals surface area contributed by atoms with Crippen molar-refractivity contribution in [2.75, 3.05) is 6.61 Å². The van der Waals surface area contributed by atoms with Gasteiger partial charge in [-0.1, -0.05) is 66.0 Å². The first-order valence-electron chi connectivity index (χ1n) is 20.6. The second-order valence-electron chi connectivity index (χ2n) is 18.0. The average molecular weight is 745 g/mol. The Morgan fingerprint density at radius 3 is 2.09 bits per heavy atom. The Morgan fingerprint density at radius 1 is 0.811 bits per heavy atom. The highest BCUT2D eigenvalue weighted by atomic mass is 16.7. The molecule has 1 saturated heterocycles. The molecule has 0 spiro atoms. The topological polar surface area (TPSA) is 124 Å². The van der Waals surface area contributed by atoms with Gasteiger partial charge < -0.3 is 28.4 Å². The van der Waals surface area contributed by atoms with Crippen molar-refractivity contribution in [1.82, 2.24) is 0 Å². The summed E-state index contributed by atoms with van der Waals surface area (Å²) in [5.74, 6) is 2.78. The van der Waals surface area contributed by atoms with Crippen LogP contribution in [0.25, 0.3) is 0 Å². The molecule has 0 bridgehead atoms. The lowest BCUT2D eigenvalue weighted by molar-refractivity contribution is -0.318. The third-order valence-corrected chi connectivity index (χ3v) is 14.6. The van der Waals surface area contributed by atoms with Crippen LogP contribution in [-0.4, -0.2) is 67.3 Å². The molecule has 5 aliphatic rings. The number of esters is 4. The lowest BCUT2D eigenvalue weighted by Gasteiger charge is -2.58. The molecule has 4 fully saturated rings. The van der Waals surface area contributed by atoms with E-state index >= 15 is 0 Å². The summed E-state index contributed by atoms with van der Waals surface area (Å²) in [6.07, 6.45) is 9.32. The highest BCUT2D eigenvalue weighted by molar-refractivity contribution is 5.68. The van der Waals surface area contributed by atoms with E-state index in [1.807, 2.05) is 0 Å². The predicted molar refractivity (Wildman–Crippen MR) is 199 cm³/mol. The minimum absolute atomic E-state index is 0.0979. The normalized spacial score (nSPS) is 39.0. The van der Waals surface area contributed by atoms with E-state index in [9.17, 15) is 19.2 Å². The lowest BCUT2D eigenvalue weighted by atomic mass is 9.47. The van der Waals surface area contributed by atoms with Gasteiger partial charge in [0.1, 0.15) is 12.7 Å². The van der Waals surface area contributed by atoms with Gasteiger partial charge in [-0.2, -0.15) is 0 Å². The average Bonchev–Trinajstić information content (AvgIpc) is 3.43. The molecule has 0 aromatic heterocycles.